The molecule has 1 aliphatic carbocycles. The molecule has 1 heterocycles. The molecule has 1 fully saturated rings. The van der Waals surface area contributed by atoms with E-state index in [2.05, 4.69) is 15.5 Å². The summed E-state index contributed by atoms with van der Waals surface area (Å²) in [5, 5.41) is 11.9. The van der Waals surface area contributed by atoms with Gasteiger partial charge in [0.05, 0.1) is 0 Å². The number of halogens is 1. The third-order valence-corrected chi connectivity index (χ3v) is 4.68. The molecule has 2 atom stereocenters. The van der Waals surface area contributed by atoms with Gasteiger partial charge in [0, 0.05) is 18.4 Å². The van der Waals surface area contributed by atoms with Crippen molar-refractivity contribution in [1.82, 2.24) is 10.2 Å². The van der Waals surface area contributed by atoms with Gasteiger partial charge in [-0.25, -0.2) is 4.39 Å². The summed E-state index contributed by atoms with van der Waals surface area (Å²) in [6, 6.07) is 6.68. The molecule has 5 nitrogen and oxygen atoms in total. The van der Waals surface area contributed by atoms with Gasteiger partial charge in [0.15, 0.2) is 0 Å². The molecular formula is C15H17FN4OS. The van der Waals surface area contributed by atoms with Gasteiger partial charge in [-0.2, -0.15) is 0 Å². The van der Waals surface area contributed by atoms with Crippen molar-refractivity contribution in [2.75, 3.05) is 5.32 Å². The second-order valence-corrected chi connectivity index (χ2v) is 6.59. The quantitative estimate of drug-likeness (QED) is 0.906. The maximum absolute atomic E-state index is 13.6. The predicted molar refractivity (Wildman–Crippen MR) is 83.1 cm³/mol. The number of amides is 1. The first kappa shape index (κ1) is 15.1. The molecule has 2 aromatic rings. The zero-order valence-electron chi connectivity index (χ0n) is 12.0. The lowest BCUT2D eigenvalue weighted by Gasteiger charge is -2.07. The summed E-state index contributed by atoms with van der Waals surface area (Å²) in [5.74, 6) is -0.362. The number of nitrogens with zero attached hydrogens (tertiary/aromatic N) is 2. The molecule has 7 heteroatoms. The number of nitrogens with one attached hydrogen (secondary N) is 1. The molecule has 1 aromatic carbocycles. The predicted octanol–water partition coefficient (Wildman–Crippen LogP) is 2.33. The van der Waals surface area contributed by atoms with Crippen LogP contribution in [0.25, 0.3) is 0 Å². The van der Waals surface area contributed by atoms with E-state index in [-0.39, 0.29) is 23.7 Å². The molecule has 1 aliphatic rings. The van der Waals surface area contributed by atoms with Crippen LogP contribution in [0.1, 0.15) is 29.8 Å². The molecule has 0 radical (unpaired) electrons. The second kappa shape index (κ2) is 6.50. The van der Waals surface area contributed by atoms with E-state index < -0.39 is 0 Å². The SMILES string of the molecule is NC1CCC(C(=O)Nc2nnc(Cc3ccccc3F)s2)C1. The maximum Gasteiger partial charge on any atom is 0.229 e. The smallest absolute Gasteiger partial charge is 0.229 e. The van der Waals surface area contributed by atoms with Crippen LogP contribution >= 0.6 is 11.3 Å². The highest BCUT2D eigenvalue weighted by atomic mass is 32.1. The van der Waals surface area contributed by atoms with Crippen LogP contribution < -0.4 is 11.1 Å². The third kappa shape index (κ3) is 3.48. The minimum atomic E-state index is -0.261. The molecule has 1 saturated carbocycles. The van der Waals surface area contributed by atoms with E-state index in [1.165, 1.54) is 17.4 Å². The Morgan fingerprint density at radius 1 is 1.36 bits per heavy atom. The first-order chi connectivity index (χ1) is 10.6. The van der Waals surface area contributed by atoms with E-state index in [9.17, 15) is 9.18 Å². The number of aromatic nitrogens is 2. The lowest BCUT2D eigenvalue weighted by Crippen LogP contribution is -2.23. The molecule has 0 aliphatic heterocycles. The molecule has 3 rings (SSSR count). The summed E-state index contributed by atoms with van der Waals surface area (Å²) in [5.41, 5.74) is 6.39. The van der Waals surface area contributed by atoms with E-state index in [1.807, 2.05) is 0 Å². The van der Waals surface area contributed by atoms with Crippen LogP contribution in [-0.4, -0.2) is 22.1 Å². The van der Waals surface area contributed by atoms with Gasteiger partial charge in [0.25, 0.3) is 0 Å². The van der Waals surface area contributed by atoms with E-state index in [4.69, 9.17) is 5.73 Å². The first-order valence-corrected chi connectivity index (χ1v) is 8.05. The van der Waals surface area contributed by atoms with Gasteiger partial charge in [-0.1, -0.05) is 29.5 Å². The number of carbonyl (C=O) groups excluding carboxylic acids is 1. The molecule has 0 spiro atoms. The molecule has 116 valence electrons. The van der Waals surface area contributed by atoms with Crippen LogP contribution in [0, 0.1) is 11.7 Å². The largest absolute Gasteiger partial charge is 0.328 e. The summed E-state index contributed by atoms with van der Waals surface area (Å²) in [4.78, 5) is 12.1. The van der Waals surface area contributed by atoms with Crippen molar-refractivity contribution in [2.45, 2.75) is 31.7 Å². The molecule has 22 heavy (non-hydrogen) atoms. The normalized spacial score (nSPS) is 21.0. The average molecular weight is 320 g/mol. The summed E-state index contributed by atoms with van der Waals surface area (Å²) in [6.07, 6.45) is 2.78. The number of anilines is 1. The Labute approximate surface area is 131 Å². The summed E-state index contributed by atoms with van der Waals surface area (Å²) in [6.45, 7) is 0. The number of carbonyl (C=O) groups is 1. The molecule has 0 bridgehead atoms. The molecular weight excluding hydrogens is 303 g/mol. The van der Waals surface area contributed by atoms with Crippen molar-refractivity contribution in [3.8, 4) is 0 Å². The number of benzene rings is 1. The van der Waals surface area contributed by atoms with Crippen LogP contribution in [0.15, 0.2) is 24.3 Å². The van der Waals surface area contributed by atoms with Gasteiger partial charge in [-0.3, -0.25) is 4.79 Å². The highest BCUT2D eigenvalue weighted by Crippen LogP contribution is 2.26. The van der Waals surface area contributed by atoms with Gasteiger partial charge in [0.1, 0.15) is 10.8 Å². The van der Waals surface area contributed by atoms with Crippen molar-refractivity contribution < 1.29 is 9.18 Å². The topological polar surface area (TPSA) is 80.9 Å². The van der Waals surface area contributed by atoms with Crippen molar-refractivity contribution in [3.05, 3.63) is 40.7 Å². The Kier molecular flexibility index (Phi) is 4.44. The molecule has 1 aromatic heterocycles. The number of hydrogen-bond acceptors (Lipinski definition) is 5. The van der Waals surface area contributed by atoms with Crippen LogP contribution in [0.4, 0.5) is 9.52 Å². The van der Waals surface area contributed by atoms with Crippen LogP contribution in [0.5, 0.6) is 0 Å². The van der Waals surface area contributed by atoms with Gasteiger partial charge in [0.2, 0.25) is 11.0 Å². The van der Waals surface area contributed by atoms with Crippen molar-refractivity contribution >= 4 is 22.4 Å². The standard InChI is InChI=1S/C15H17FN4OS/c16-12-4-2-1-3-9(12)8-13-19-20-15(22-13)18-14(21)10-5-6-11(17)7-10/h1-4,10-11H,5-8,17H2,(H,18,20,21). The van der Waals surface area contributed by atoms with E-state index in [0.29, 0.717) is 28.5 Å². The van der Waals surface area contributed by atoms with E-state index >= 15 is 0 Å². The lowest BCUT2D eigenvalue weighted by atomic mass is 10.1. The Balaban J connectivity index is 1.62. The van der Waals surface area contributed by atoms with Crippen LogP contribution in [0.3, 0.4) is 0 Å². The van der Waals surface area contributed by atoms with E-state index in [1.54, 1.807) is 18.2 Å². The monoisotopic (exact) mass is 320 g/mol. The highest BCUT2D eigenvalue weighted by Gasteiger charge is 2.28. The zero-order chi connectivity index (χ0) is 15.5. The molecule has 0 saturated heterocycles. The average Bonchev–Trinajstić information content (AvgIpc) is 3.11. The molecule has 1 amide bonds. The van der Waals surface area contributed by atoms with Crippen molar-refractivity contribution in [1.29, 1.82) is 0 Å². The summed E-state index contributed by atoms with van der Waals surface area (Å²) in [7, 11) is 0. The summed E-state index contributed by atoms with van der Waals surface area (Å²) >= 11 is 1.27. The van der Waals surface area contributed by atoms with Gasteiger partial charge >= 0.3 is 0 Å². The fourth-order valence-corrected chi connectivity index (χ4v) is 3.41. The summed E-state index contributed by atoms with van der Waals surface area (Å²) < 4.78 is 13.6. The second-order valence-electron chi connectivity index (χ2n) is 5.53. The minimum Gasteiger partial charge on any atom is -0.328 e. The number of rotatable bonds is 4. The fraction of sp³-hybridized carbons (Fsp3) is 0.400. The third-order valence-electron chi connectivity index (χ3n) is 3.84. The fourth-order valence-electron chi connectivity index (χ4n) is 2.64. The van der Waals surface area contributed by atoms with E-state index in [0.717, 1.165) is 12.8 Å². The van der Waals surface area contributed by atoms with Crippen molar-refractivity contribution in [2.24, 2.45) is 11.7 Å². The molecule has 3 N–H and O–H groups in total. The first-order valence-electron chi connectivity index (χ1n) is 7.24. The zero-order valence-corrected chi connectivity index (χ0v) is 12.8. The van der Waals surface area contributed by atoms with Gasteiger partial charge < -0.3 is 11.1 Å². The number of hydrogen-bond donors (Lipinski definition) is 2. The molecule has 2 unspecified atom stereocenters. The van der Waals surface area contributed by atoms with Crippen molar-refractivity contribution in [3.63, 3.8) is 0 Å². The van der Waals surface area contributed by atoms with Crippen LogP contribution in [0.2, 0.25) is 0 Å². The van der Waals surface area contributed by atoms with Crippen LogP contribution in [-0.2, 0) is 11.2 Å². The Hall–Kier alpha value is -1.86. The Morgan fingerprint density at radius 3 is 2.91 bits per heavy atom. The Morgan fingerprint density at radius 2 is 2.18 bits per heavy atom. The minimum absolute atomic E-state index is 0.0473. The number of nitrogens with two attached hydrogens (primary N) is 1. The lowest BCUT2D eigenvalue weighted by molar-refractivity contribution is -0.119. The highest BCUT2D eigenvalue weighted by molar-refractivity contribution is 7.15. The van der Waals surface area contributed by atoms with Gasteiger partial charge in [-0.05, 0) is 30.9 Å². The van der Waals surface area contributed by atoms with Gasteiger partial charge in [-0.15, -0.1) is 10.2 Å². The Bertz CT molecular complexity index is 675. The maximum atomic E-state index is 13.6.